The van der Waals surface area contributed by atoms with Crippen LogP contribution in [-0.2, 0) is 0 Å². The lowest BCUT2D eigenvalue weighted by molar-refractivity contribution is 0.629. The largest absolute Gasteiger partial charge is 0.387 e. The van der Waals surface area contributed by atoms with E-state index in [-0.39, 0.29) is 5.82 Å². The summed E-state index contributed by atoms with van der Waals surface area (Å²) < 4.78 is 13.0. The SMILES string of the molecule is CC(N)=Nc1c(C)cccc1F. The number of hydrogen-bond acceptors (Lipinski definition) is 1. The molecule has 0 saturated heterocycles. The van der Waals surface area contributed by atoms with Gasteiger partial charge in [0.2, 0.25) is 0 Å². The topological polar surface area (TPSA) is 38.4 Å². The molecule has 2 nitrogen and oxygen atoms in total. The molecule has 0 aliphatic rings. The highest BCUT2D eigenvalue weighted by Gasteiger charge is 2.02. The molecule has 3 heteroatoms. The van der Waals surface area contributed by atoms with Crippen LogP contribution < -0.4 is 5.73 Å². The average molecular weight is 166 g/mol. The van der Waals surface area contributed by atoms with E-state index < -0.39 is 0 Å². The molecule has 1 aromatic rings. The van der Waals surface area contributed by atoms with Crippen LogP contribution in [0.1, 0.15) is 12.5 Å². The van der Waals surface area contributed by atoms with Crippen molar-refractivity contribution in [1.82, 2.24) is 0 Å². The van der Waals surface area contributed by atoms with E-state index in [1.807, 2.05) is 0 Å². The first-order chi connectivity index (χ1) is 5.61. The van der Waals surface area contributed by atoms with Crippen molar-refractivity contribution in [3.63, 3.8) is 0 Å². The lowest BCUT2D eigenvalue weighted by Crippen LogP contribution is -2.04. The van der Waals surface area contributed by atoms with E-state index in [0.29, 0.717) is 11.5 Å². The van der Waals surface area contributed by atoms with Crippen LogP contribution in [0, 0.1) is 12.7 Å². The molecule has 12 heavy (non-hydrogen) atoms. The van der Waals surface area contributed by atoms with Crippen molar-refractivity contribution < 1.29 is 4.39 Å². The summed E-state index contributed by atoms with van der Waals surface area (Å²) in [5.74, 6) is 0.0306. The number of amidine groups is 1. The van der Waals surface area contributed by atoms with Gasteiger partial charge in [-0.25, -0.2) is 9.38 Å². The maximum absolute atomic E-state index is 13.0. The molecule has 0 fully saturated rings. The minimum Gasteiger partial charge on any atom is -0.387 e. The Bertz CT molecular complexity index is 294. The van der Waals surface area contributed by atoms with E-state index in [0.717, 1.165) is 5.56 Å². The average Bonchev–Trinajstić information content (AvgIpc) is 1.97. The number of nitrogens with two attached hydrogens (primary N) is 1. The highest BCUT2D eigenvalue weighted by atomic mass is 19.1. The molecule has 0 aliphatic carbocycles. The molecule has 0 saturated carbocycles. The number of hydrogen-bond donors (Lipinski definition) is 1. The summed E-state index contributed by atoms with van der Waals surface area (Å²) in [6.07, 6.45) is 0. The van der Waals surface area contributed by atoms with Crippen molar-refractivity contribution in [2.45, 2.75) is 13.8 Å². The predicted octanol–water partition coefficient (Wildman–Crippen LogP) is 2.14. The molecular formula is C9H11FN2. The molecule has 0 spiro atoms. The van der Waals surface area contributed by atoms with Crippen LogP contribution in [0.3, 0.4) is 0 Å². The number of nitrogens with zero attached hydrogens (tertiary/aromatic N) is 1. The van der Waals surface area contributed by atoms with E-state index in [4.69, 9.17) is 5.73 Å². The molecule has 1 rings (SSSR count). The van der Waals surface area contributed by atoms with Crippen molar-refractivity contribution in [3.05, 3.63) is 29.6 Å². The molecule has 0 bridgehead atoms. The van der Waals surface area contributed by atoms with Crippen molar-refractivity contribution in [1.29, 1.82) is 0 Å². The highest BCUT2D eigenvalue weighted by molar-refractivity contribution is 5.81. The Hall–Kier alpha value is -1.38. The zero-order chi connectivity index (χ0) is 9.14. The lowest BCUT2D eigenvalue weighted by Gasteiger charge is -2.00. The Morgan fingerprint density at radius 1 is 1.50 bits per heavy atom. The van der Waals surface area contributed by atoms with Gasteiger partial charge in [0.1, 0.15) is 11.5 Å². The normalized spacial score (nSPS) is 11.8. The summed E-state index contributed by atoms with van der Waals surface area (Å²) in [6, 6.07) is 4.81. The van der Waals surface area contributed by atoms with Crippen molar-refractivity contribution >= 4 is 11.5 Å². The Balaban J connectivity index is 3.22. The number of benzene rings is 1. The summed E-state index contributed by atoms with van der Waals surface area (Å²) >= 11 is 0. The maximum Gasteiger partial charge on any atom is 0.149 e. The van der Waals surface area contributed by atoms with E-state index in [1.54, 1.807) is 26.0 Å². The molecular weight excluding hydrogens is 155 g/mol. The van der Waals surface area contributed by atoms with E-state index in [9.17, 15) is 4.39 Å². The van der Waals surface area contributed by atoms with Gasteiger partial charge in [0, 0.05) is 0 Å². The Morgan fingerprint density at radius 3 is 2.67 bits per heavy atom. The Kier molecular flexibility index (Phi) is 2.43. The summed E-state index contributed by atoms with van der Waals surface area (Å²) in [4.78, 5) is 3.88. The monoisotopic (exact) mass is 166 g/mol. The smallest absolute Gasteiger partial charge is 0.149 e. The van der Waals surface area contributed by atoms with Gasteiger partial charge >= 0.3 is 0 Å². The molecule has 0 aromatic heterocycles. The lowest BCUT2D eigenvalue weighted by atomic mass is 10.2. The van der Waals surface area contributed by atoms with Crippen molar-refractivity contribution in [2.75, 3.05) is 0 Å². The fraction of sp³-hybridized carbons (Fsp3) is 0.222. The third-order valence-corrected chi connectivity index (χ3v) is 1.48. The number of halogens is 1. The molecule has 64 valence electrons. The van der Waals surface area contributed by atoms with Crippen LogP contribution in [0.15, 0.2) is 23.2 Å². The summed E-state index contributed by atoms with van der Waals surface area (Å²) in [7, 11) is 0. The molecule has 0 aliphatic heterocycles. The van der Waals surface area contributed by atoms with Crippen LogP contribution >= 0.6 is 0 Å². The van der Waals surface area contributed by atoms with Crippen LogP contribution in [0.25, 0.3) is 0 Å². The van der Waals surface area contributed by atoms with Gasteiger partial charge in [0.05, 0.1) is 5.84 Å². The van der Waals surface area contributed by atoms with Gasteiger partial charge in [0.25, 0.3) is 0 Å². The van der Waals surface area contributed by atoms with Gasteiger partial charge in [-0.3, -0.25) is 0 Å². The first-order valence-electron chi connectivity index (χ1n) is 3.67. The first kappa shape index (κ1) is 8.71. The van der Waals surface area contributed by atoms with Gasteiger partial charge in [-0.15, -0.1) is 0 Å². The summed E-state index contributed by atoms with van der Waals surface area (Å²) in [5, 5.41) is 0. The molecule has 0 unspecified atom stereocenters. The number of aliphatic imine (C=N–C) groups is 1. The molecule has 0 amide bonds. The summed E-state index contributed by atoms with van der Waals surface area (Å²) in [6.45, 7) is 3.43. The number of rotatable bonds is 1. The molecule has 0 heterocycles. The molecule has 0 atom stereocenters. The van der Waals surface area contributed by atoms with Gasteiger partial charge in [-0.05, 0) is 25.5 Å². The van der Waals surface area contributed by atoms with Gasteiger partial charge < -0.3 is 5.73 Å². The second kappa shape index (κ2) is 3.34. The van der Waals surface area contributed by atoms with Gasteiger partial charge in [0.15, 0.2) is 0 Å². The third-order valence-electron chi connectivity index (χ3n) is 1.48. The molecule has 2 N–H and O–H groups in total. The van der Waals surface area contributed by atoms with E-state index >= 15 is 0 Å². The van der Waals surface area contributed by atoms with Crippen LogP contribution in [0.5, 0.6) is 0 Å². The fourth-order valence-corrected chi connectivity index (χ4v) is 0.941. The Morgan fingerprint density at radius 2 is 2.17 bits per heavy atom. The summed E-state index contributed by atoms with van der Waals surface area (Å²) in [5.41, 5.74) is 6.47. The molecule has 0 radical (unpaired) electrons. The quantitative estimate of drug-likeness (QED) is 0.503. The van der Waals surface area contributed by atoms with Crippen LogP contribution in [-0.4, -0.2) is 5.84 Å². The minimum absolute atomic E-state index is 0.331. The fourth-order valence-electron chi connectivity index (χ4n) is 0.941. The predicted molar refractivity (Wildman–Crippen MR) is 48.1 cm³/mol. The Labute approximate surface area is 70.9 Å². The van der Waals surface area contributed by atoms with Crippen LogP contribution in [0.2, 0.25) is 0 Å². The van der Waals surface area contributed by atoms with E-state index in [2.05, 4.69) is 4.99 Å². The van der Waals surface area contributed by atoms with Crippen molar-refractivity contribution in [3.8, 4) is 0 Å². The third kappa shape index (κ3) is 1.81. The first-order valence-corrected chi connectivity index (χ1v) is 3.67. The molecule has 1 aromatic carbocycles. The number of para-hydroxylation sites is 1. The number of aryl methyl sites for hydroxylation is 1. The zero-order valence-electron chi connectivity index (χ0n) is 7.13. The highest BCUT2D eigenvalue weighted by Crippen LogP contribution is 2.21. The van der Waals surface area contributed by atoms with Crippen molar-refractivity contribution in [2.24, 2.45) is 10.7 Å². The zero-order valence-corrected chi connectivity index (χ0v) is 7.13. The van der Waals surface area contributed by atoms with Gasteiger partial charge in [-0.2, -0.15) is 0 Å². The van der Waals surface area contributed by atoms with Crippen LogP contribution in [0.4, 0.5) is 10.1 Å². The minimum atomic E-state index is -0.334. The maximum atomic E-state index is 13.0. The van der Waals surface area contributed by atoms with E-state index in [1.165, 1.54) is 6.07 Å². The second-order valence-electron chi connectivity index (χ2n) is 2.66. The second-order valence-corrected chi connectivity index (χ2v) is 2.66. The van der Waals surface area contributed by atoms with Gasteiger partial charge in [-0.1, -0.05) is 12.1 Å². The standard InChI is InChI=1S/C9H11FN2/c1-6-4-3-5-8(10)9(6)12-7(2)11/h3-5H,1-2H3,(H2,11,12).